The molecule has 0 unspecified atom stereocenters. The number of hydrogen-bond acceptors (Lipinski definition) is 5. The Morgan fingerprint density at radius 2 is 1.81 bits per heavy atom. The lowest BCUT2D eigenvalue weighted by Gasteiger charge is -2.35. The van der Waals surface area contributed by atoms with Crippen molar-refractivity contribution in [1.82, 2.24) is 4.98 Å². The highest BCUT2D eigenvalue weighted by molar-refractivity contribution is 5.82. The summed E-state index contributed by atoms with van der Waals surface area (Å²) in [6, 6.07) is 3.88. The molecular weight excluding hydrogens is 412 g/mol. The molecule has 0 radical (unpaired) electrons. The third-order valence-electron chi connectivity index (χ3n) is 5.85. The molecule has 0 aliphatic heterocycles. The third kappa shape index (κ3) is 5.20. The zero-order valence-corrected chi connectivity index (χ0v) is 17.7. The fourth-order valence-electron chi connectivity index (χ4n) is 4.31. The highest BCUT2D eigenvalue weighted by atomic mass is 19.4. The van der Waals surface area contributed by atoms with Gasteiger partial charge in [-0.1, -0.05) is 12.8 Å². The second-order valence-electron chi connectivity index (χ2n) is 8.25. The van der Waals surface area contributed by atoms with Gasteiger partial charge in [-0.15, -0.1) is 0 Å². The first-order chi connectivity index (χ1) is 14.5. The summed E-state index contributed by atoms with van der Waals surface area (Å²) in [5, 5.41) is 0. The Morgan fingerprint density at radius 1 is 1.13 bits per heavy atom. The Labute approximate surface area is 179 Å². The Hall–Kier alpha value is -2.55. The number of ether oxygens (including phenoxy) is 1. The highest BCUT2D eigenvalue weighted by Crippen LogP contribution is 2.41. The molecule has 1 heterocycles. The predicted octanol–water partition coefficient (Wildman–Crippen LogP) is 5.10. The summed E-state index contributed by atoms with van der Waals surface area (Å²) >= 11 is 0. The molecule has 9 heteroatoms. The molecule has 1 aliphatic rings. The van der Waals surface area contributed by atoms with E-state index in [1.165, 1.54) is 0 Å². The predicted molar refractivity (Wildman–Crippen MR) is 114 cm³/mol. The molecule has 31 heavy (non-hydrogen) atoms. The van der Waals surface area contributed by atoms with Crippen LogP contribution in [0.25, 0.3) is 11.3 Å². The van der Waals surface area contributed by atoms with Crippen LogP contribution in [0.15, 0.2) is 24.3 Å². The van der Waals surface area contributed by atoms with Crippen molar-refractivity contribution in [3.63, 3.8) is 0 Å². The van der Waals surface area contributed by atoms with E-state index < -0.39 is 17.6 Å². The lowest BCUT2D eigenvalue weighted by Crippen LogP contribution is -2.37. The second kappa shape index (κ2) is 8.90. The second-order valence-corrected chi connectivity index (χ2v) is 8.25. The monoisotopic (exact) mass is 440 g/mol. The number of nitrogens with zero attached hydrogens (tertiary/aromatic N) is 2. The van der Waals surface area contributed by atoms with Crippen LogP contribution in [0.1, 0.15) is 38.2 Å². The minimum absolute atomic E-state index is 0.0116. The van der Waals surface area contributed by atoms with E-state index in [-0.39, 0.29) is 28.2 Å². The van der Waals surface area contributed by atoms with Crippen LogP contribution in [0.3, 0.4) is 0 Å². The van der Waals surface area contributed by atoms with E-state index in [2.05, 4.69) is 4.98 Å². The van der Waals surface area contributed by atoms with E-state index in [0.717, 1.165) is 37.8 Å². The summed E-state index contributed by atoms with van der Waals surface area (Å²) in [7, 11) is 1.85. The molecule has 1 aromatic carbocycles. The van der Waals surface area contributed by atoms with Crippen LogP contribution in [0.2, 0.25) is 0 Å². The fourth-order valence-corrected chi connectivity index (χ4v) is 4.31. The standard InChI is InChI=1S/C22H28F4N4O/c1-3-31-13-21(6-4-5-7-21)12-30(2)18-11-17(29-20(28)19(18)27)14-8-15(22(24,25)26)10-16(23)9-14/h8-11H,3-7,12-13,27H2,1-2H3,(H2,28,29). The van der Waals surface area contributed by atoms with Gasteiger partial charge >= 0.3 is 6.18 Å². The number of anilines is 3. The van der Waals surface area contributed by atoms with Crippen molar-refractivity contribution in [3.05, 3.63) is 35.6 Å². The summed E-state index contributed by atoms with van der Waals surface area (Å²) in [5.41, 5.74) is 11.9. The number of hydrogen-bond donors (Lipinski definition) is 2. The van der Waals surface area contributed by atoms with Crippen molar-refractivity contribution in [2.75, 3.05) is 43.2 Å². The minimum atomic E-state index is -4.68. The smallest absolute Gasteiger partial charge is 0.394 e. The van der Waals surface area contributed by atoms with E-state index >= 15 is 0 Å². The van der Waals surface area contributed by atoms with Gasteiger partial charge in [-0.25, -0.2) is 9.37 Å². The summed E-state index contributed by atoms with van der Waals surface area (Å²) in [6.45, 7) is 3.85. The molecule has 4 N–H and O–H groups in total. The van der Waals surface area contributed by atoms with Gasteiger partial charge in [-0.3, -0.25) is 0 Å². The van der Waals surface area contributed by atoms with Crippen molar-refractivity contribution >= 4 is 17.2 Å². The van der Waals surface area contributed by atoms with Crippen LogP contribution >= 0.6 is 0 Å². The van der Waals surface area contributed by atoms with E-state index in [9.17, 15) is 17.6 Å². The van der Waals surface area contributed by atoms with E-state index in [0.29, 0.717) is 31.5 Å². The van der Waals surface area contributed by atoms with Gasteiger partial charge in [0.05, 0.1) is 29.2 Å². The van der Waals surface area contributed by atoms with Crippen molar-refractivity contribution in [3.8, 4) is 11.3 Å². The van der Waals surface area contributed by atoms with Gasteiger partial charge < -0.3 is 21.1 Å². The quantitative estimate of drug-likeness (QED) is 0.586. The van der Waals surface area contributed by atoms with Crippen LogP contribution in [0, 0.1) is 11.2 Å². The summed E-state index contributed by atoms with van der Waals surface area (Å²) in [4.78, 5) is 6.05. The molecule has 1 fully saturated rings. The fraction of sp³-hybridized carbons (Fsp3) is 0.500. The van der Waals surface area contributed by atoms with Gasteiger partial charge in [0.15, 0.2) is 0 Å². The Bertz CT molecular complexity index is 926. The zero-order valence-electron chi connectivity index (χ0n) is 17.7. The molecule has 0 saturated heterocycles. The van der Waals surface area contributed by atoms with E-state index in [4.69, 9.17) is 16.2 Å². The maximum atomic E-state index is 13.9. The highest BCUT2D eigenvalue weighted by Gasteiger charge is 2.36. The maximum absolute atomic E-state index is 13.9. The molecule has 2 aromatic rings. The number of rotatable bonds is 7. The van der Waals surface area contributed by atoms with E-state index in [1.807, 2.05) is 18.9 Å². The van der Waals surface area contributed by atoms with Crippen LogP contribution in [0.4, 0.5) is 34.8 Å². The van der Waals surface area contributed by atoms with Gasteiger partial charge in [0.2, 0.25) is 0 Å². The first-order valence-electron chi connectivity index (χ1n) is 10.3. The van der Waals surface area contributed by atoms with Crippen molar-refractivity contribution in [2.24, 2.45) is 5.41 Å². The van der Waals surface area contributed by atoms with E-state index in [1.54, 1.807) is 6.07 Å². The van der Waals surface area contributed by atoms with Gasteiger partial charge in [-0.2, -0.15) is 13.2 Å². The van der Waals surface area contributed by atoms with Gasteiger partial charge in [-0.05, 0) is 44.0 Å². The Morgan fingerprint density at radius 3 is 2.42 bits per heavy atom. The number of nitrogens with two attached hydrogens (primary N) is 2. The number of benzene rings is 1. The molecule has 1 aliphatic carbocycles. The average molecular weight is 440 g/mol. The van der Waals surface area contributed by atoms with Crippen LogP contribution in [-0.2, 0) is 10.9 Å². The number of halogens is 4. The number of alkyl halides is 3. The molecule has 1 aromatic heterocycles. The molecule has 0 spiro atoms. The van der Waals surface area contributed by atoms with Crippen molar-refractivity contribution < 1.29 is 22.3 Å². The Balaban J connectivity index is 1.97. The maximum Gasteiger partial charge on any atom is 0.416 e. The van der Waals surface area contributed by atoms with Crippen LogP contribution in [0.5, 0.6) is 0 Å². The largest absolute Gasteiger partial charge is 0.416 e. The van der Waals surface area contributed by atoms with Crippen LogP contribution < -0.4 is 16.4 Å². The Kier molecular flexibility index (Phi) is 6.64. The molecule has 3 rings (SSSR count). The first kappa shape index (κ1) is 23.1. The number of pyridine rings is 1. The normalized spacial score (nSPS) is 15.9. The summed E-state index contributed by atoms with van der Waals surface area (Å²) in [5.74, 6) is -1.01. The lowest BCUT2D eigenvalue weighted by molar-refractivity contribution is -0.137. The molecule has 0 atom stereocenters. The topological polar surface area (TPSA) is 77.4 Å². The summed E-state index contributed by atoms with van der Waals surface area (Å²) in [6.07, 6.45) is -0.412. The molecule has 0 bridgehead atoms. The molecule has 1 saturated carbocycles. The van der Waals surface area contributed by atoms with Crippen molar-refractivity contribution in [2.45, 2.75) is 38.8 Å². The molecule has 5 nitrogen and oxygen atoms in total. The summed E-state index contributed by atoms with van der Waals surface area (Å²) < 4.78 is 59.0. The molecular formula is C22H28F4N4O. The lowest BCUT2D eigenvalue weighted by atomic mass is 9.86. The van der Waals surface area contributed by atoms with Crippen molar-refractivity contribution in [1.29, 1.82) is 0 Å². The molecule has 170 valence electrons. The van der Waals surface area contributed by atoms with Gasteiger partial charge in [0, 0.05) is 31.2 Å². The van der Waals surface area contributed by atoms with Crippen LogP contribution in [-0.4, -0.2) is 31.8 Å². The molecule has 0 amide bonds. The number of aromatic nitrogens is 1. The first-order valence-corrected chi connectivity index (χ1v) is 10.3. The average Bonchev–Trinajstić information content (AvgIpc) is 3.15. The SMILES string of the molecule is CCOCC1(CN(C)c2cc(-c3cc(F)cc(C(F)(F)F)c3)nc(N)c2N)CCCC1. The zero-order chi connectivity index (χ0) is 22.8. The number of nitrogen functional groups attached to an aromatic ring is 2. The minimum Gasteiger partial charge on any atom is -0.394 e. The van der Waals surface area contributed by atoms with Gasteiger partial charge in [0.1, 0.15) is 11.6 Å². The van der Waals surface area contributed by atoms with Gasteiger partial charge in [0.25, 0.3) is 0 Å². The third-order valence-corrected chi connectivity index (χ3v) is 5.85.